The molecule has 0 unspecified atom stereocenters. The topological polar surface area (TPSA) is 40.1 Å². The van der Waals surface area contributed by atoms with Gasteiger partial charge in [-0.25, -0.2) is 0 Å². The number of hydrazone groups is 1. The van der Waals surface area contributed by atoms with Crippen LogP contribution in [0.2, 0.25) is 0 Å². The molecule has 29 heavy (non-hydrogen) atoms. The normalized spacial score (nSPS) is 12.9. The summed E-state index contributed by atoms with van der Waals surface area (Å²) < 4.78 is 5.55. The largest absolute Gasteiger partial charge is 0.494 e. The molecule has 5 nitrogen and oxygen atoms in total. The van der Waals surface area contributed by atoms with Crippen molar-refractivity contribution in [3.63, 3.8) is 0 Å². The summed E-state index contributed by atoms with van der Waals surface area (Å²) in [5, 5.41) is 8.68. The third-order valence-electron chi connectivity index (χ3n) is 4.58. The Hall–Kier alpha value is -3.18. The molecule has 1 aliphatic heterocycles. The molecule has 3 aromatic rings. The van der Waals surface area contributed by atoms with E-state index in [2.05, 4.69) is 67.8 Å². The number of amidine groups is 1. The summed E-state index contributed by atoms with van der Waals surface area (Å²) in [4.78, 5) is 0. The van der Waals surface area contributed by atoms with E-state index >= 15 is 0 Å². The van der Waals surface area contributed by atoms with Gasteiger partial charge in [0.15, 0.2) is 5.84 Å². The molecule has 0 amide bonds. The summed E-state index contributed by atoms with van der Waals surface area (Å²) in [6, 6.07) is 24.7. The van der Waals surface area contributed by atoms with Gasteiger partial charge in [-0.1, -0.05) is 35.4 Å². The number of nitrogens with zero attached hydrogens (tertiary/aromatic N) is 3. The van der Waals surface area contributed by atoms with Crippen molar-refractivity contribution < 1.29 is 4.74 Å². The lowest BCUT2D eigenvalue weighted by atomic mass is 10.2. The first-order valence-corrected chi connectivity index (χ1v) is 9.46. The van der Waals surface area contributed by atoms with Crippen molar-refractivity contribution >= 4 is 29.6 Å². The molecule has 150 valence electrons. The van der Waals surface area contributed by atoms with Gasteiger partial charge in [0.25, 0.3) is 0 Å². The third-order valence-corrected chi connectivity index (χ3v) is 4.58. The number of ether oxygens (including phenoxy) is 1. The van der Waals surface area contributed by atoms with Gasteiger partial charge in [0.2, 0.25) is 0 Å². The van der Waals surface area contributed by atoms with Crippen LogP contribution in [0.5, 0.6) is 5.75 Å². The highest BCUT2D eigenvalue weighted by Crippen LogP contribution is 2.26. The van der Waals surface area contributed by atoms with Crippen LogP contribution < -0.4 is 20.4 Å². The standard InChI is InChI=1S/C23H24N4O.ClH/c1-4-28-22-15-9-19(10-16-22)23-24-26(20-11-5-17(2)6-12-20)27(25-23)21-13-7-18(3)8-14-21;/h5-16H,4H2,1-3H3,(H,24,25);1H. The summed E-state index contributed by atoms with van der Waals surface area (Å²) in [6.45, 7) is 6.80. The number of anilines is 2. The highest BCUT2D eigenvalue weighted by atomic mass is 35.5. The van der Waals surface area contributed by atoms with Crippen LogP contribution in [-0.2, 0) is 0 Å². The number of hydrogen-bond donors (Lipinski definition) is 1. The van der Waals surface area contributed by atoms with E-state index in [-0.39, 0.29) is 12.4 Å². The van der Waals surface area contributed by atoms with Crippen molar-refractivity contribution in [2.75, 3.05) is 16.8 Å². The quantitative estimate of drug-likeness (QED) is 0.627. The van der Waals surface area contributed by atoms with Gasteiger partial charge in [0.05, 0.1) is 18.0 Å². The molecule has 0 aromatic heterocycles. The molecule has 0 aliphatic carbocycles. The molecule has 6 heteroatoms. The number of rotatable bonds is 5. The van der Waals surface area contributed by atoms with Crippen molar-refractivity contribution in [3.05, 3.63) is 89.5 Å². The molecule has 0 spiro atoms. The fraction of sp³-hybridized carbons (Fsp3) is 0.174. The Balaban J connectivity index is 0.00000240. The van der Waals surface area contributed by atoms with E-state index in [9.17, 15) is 0 Å². The van der Waals surface area contributed by atoms with Crippen LogP contribution in [0.1, 0.15) is 23.6 Å². The van der Waals surface area contributed by atoms with Crippen molar-refractivity contribution in [2.45, 2.75) is 20.8 Å². The van der Waals surface area contributed by atoms with E-state index in [1.165, 1.54) is 11.1 Å². The Morgan fingerprint density at radius 3 is 1.90 bits per heavy atom. The zero-order valence-electron chi connectivity index (χ0n) is 16.8. The van der Waals surface area contributed by atoms with Gasteiger partial charge in [-0.15, -0.1) is 17.5 Å². The lowest BCUT2D eigenvalue weighted by Gasteiger charge is -2.28. The smallest absolute Gasteiger partial charge is 0.176 e. The van der Waals surface area contributed by atoms with E-state index in [1.807, 2.05) is 41.4 Å². The van der Waals surface area contributed by atoms with Gasteiger partial charge in [-0.05, 0) is 69.3 Å². The molecule has 1 aliphatic rings. The number of benzene rings is 3. The van der Waals surface area contributed by atoms with Crippen LogP contribution >= 0.6 is 12.4 Å². The molecule has 0 radical (unpaired) electrons. The van der Waals surface area contributed by atoms with Crippen molar-refractivity contribution in [2.24, 2.45) is 5.10 Å². The van der Waals surface area contributed by atoms with Crippen molar-refractivity contribution in [1.82, 2.24) is 5.43 Å². The van der Waals surface area contributed by atoms with E-state index in [1.54, 1.807) is 0 Å². The van der Waals surface area contributed by atoms with Crippen LogP contribution in [0.3, 0.4) is 0 Å². The van der Waals surface area contributed by atoms with E-state index < -0.39 is 0 Å². The Bertz CT molecular complexity index is 969. The minimum Gasteiger partial charge on any atom is -0.494 e. The molecule has 4 rings (SSSR count). The molecular weight excluding hydrogens is 384 g/mol. The number of nitrogens with one attached hydrogen (secondary N) is 1. The fourth-order valence-corrected chi connectivity index (χ4v) is 3.02. The van der Waals surface area contributed by atoms with E-state index in [0.29, 0.717) is 6.61 Å². The van der Waals surface area contributed by atoms with Crippen LogP contribution in [-0.4, -0.2) is 12.4 Å². The minimum atomic E-state index is 0. The zero-order valence-corrected chi connectivity index (χ0v) is 17.6. The van der Waals surface area contributed by atoms with Gasteiger partial charge in [-0.2, -0.15) is 10.2 Å². The van der Waals surface area contributed by atoms with Gasteiger partial charge < -0.3 is 4.74 Å². The highest BCUT2D eigenvalue weighted by Gasteiger charge is 2.26. The summed E-state index contributed by atoms with van der Waals surface area (Å²) >= 11 is 0. The third kappa shape index (κ3) is 4.46. The fourth-order valence-electron chi connectivity index (χ4n) is 3.02. The molecule has 1 N–H and O–H groups in total. The lowest BCUT2D eigenvalue weighted by molar-refractivity contribution is 0.340. The van der Waals surface area contributed by atoms with E-state index in [4.69, 9.17) is 9.84 Å². The highest BCUT2D eigenvalue weighted by molar-refractivity contribution is 6.02. The summed E-state index contributed by atoms with van der Waals surface area (Å²) in [5.41, 5.74) is 8.85. The van der Waals surface area contributed by atoms with Gasteiger partial charge in [0.1, 0.15) is 5.75 Å². The Kier molecular flexibility index (Phi) is 6.29. The second-order valence-corrected chi connectivity index (χ2v) is 6.79. The molecular formula is C23H25ClN4O. The van der Waals surface area contributed by atoms with Crippen molar-refractivity contribution in [3.8, 4) is 5.75 Å². The molecule has 0 saturated carbocycles. The Labute approximate surface area is 178 Å². The molecule has 1 heterocycles. The maximum absolute atomic E-state index is 5.55. The molecule has 0 bridgehead atoms. The predicted octanol–water partition coefficient (Wildman–Crippen LogP) is 5.23. The second kappa shape index (κ2) is 8.88. The average Bonchev–Trinajstić information content (AvgIpc) is 3.15. The van der Waals surface area contributed by atoms with Crippen LogP contribution in [0.25, 0.3) is 0 Å². The maximum Gasteiger partial charge on any atom is 0.176 e. The number of hydrazine groups is 2. The van der Waals surface area contributed by atoms with E-state index in [0.717, 1.165) is 28.5 Å². The first-order chi connectivity index (χ1) is 13.6. The van der Waals surface area contributed by atoms with Gasteiger partial charge in [0, 0.05) is 5.56 Å². The molecule has 0 atom stereocenters. The second-order valence-electron chi connectivity index (χ2n) is 6.79. The van der Waals surface area contributed by atoms with Crippen LogP contribution in [0.15, 0.2) is 77.9 Å². The number of aryl methyl sites for hydroxylation is 2. The molecule has 0 fully saturated rings. The maximum atomic E-state index is 5.55. The first kappa shape index (κ1) is 20.6. The minimum absolute atomic E-state index is 0. The van der Waals surface area contributed by atoms with Gasteiger partial charge in [-0.3, -0.25) is 5.43 Å². The summed E-state index contributed by atoms with van der Waals surface area (Å²) in [7, 11) is 0. The number of halogens is 1. The predicted molar refractivity (Wildman–Crippen MR) is 122 cm³/mol. The molecule has 0 saturated heterocycles. The first-order valence-electron chi connectivity index (χ1n) is 9.46. The monoisotopic (exact) mass is 408 g/mol. The lowest BCUT2D eigenvalue weighted by Crippen LogP contribution is -2.44. The van der Waals surface area contributed by atoms with Crippen LogP contribution in [0.4, 0.5) is 11.4 Å². The Morgan fingerprint density at radius 2 is 1.34 bits per heavy atom. The van der Waals surface area contributed by atoms with Crippen molar-refractivity contribution in [1.29, 1.82) is 0 Å². The van der Waals surface area contributed by atoms with Gasteiger partial charge >= 0.3 is 0 Å². The Morgan fingerprint density at radius 1 is 0.793 bits per heavy atom. The SMILES string of the molecule is CCOc1ccc(C2=NN(c3ccc(C)cc3)N(c3ccc(C)cc3)N2)cc1.Cl. The average molecular weight is 409 g/mol. The summed E-state index contributed by atoms with van der Waals surface area (Å²) in [5.74, 6) is 1.64. The zero-order chi connectivity index (χ0) is 19.5. The summed E-state index contributed by atoms with van der Waals surface area (Å²) in [6.07, 6.45) is 0. The number of hydrogen-bond acceptors (Lipinski definition) is 5. The molecule has 3 aromatic carbocycles. The van der Waals surface area contributed by atoms with Crippen LogP contribution in [0, 0.1) is 13.8 Å².